The summed E-state index contributed by atoms with van der Waals surface area (Å²) in [5.41, 5.74) is 2.01. The number of morpholine rings is 1. The maximum atomic E-state index is 13.2. The van der Waals surface area contributed by atoms with E-state index < -0.39 is 10.0 Å². The second-order valence-corrected chi connectivity index (χ2v) is 10.9. The van der Waals surface area contributed by atoms with Gasteiger partial charge in [-0.25, -0.2) is 13.4 Å². The van der Waals surface area contributed by atoms with Crippen LogP contribution >= 0.6 is 0 Å². The highest BCUT2D eigenvalue weighted by Crippen LogP contribution is 2.25. The molecule has 1 fully saturated rings. The number of amides is 1. The first-order valence-corrected chi connectivity index (χ1v) is 12.6. The Bertz CT molecular complexity index is 1210. The predicted octanol–water partition coefficient (Wildman–Crippen LogP) is 3.49. The van der Waals surface area contributed by atoms with Gasteiger partial charge in [0.15, 0.2) is 0 Å². The average molecular weight is 471 g/mol. The summed E-state index contributed by atoms with van der Waals surface area (Å²) in [6.45, 7) is 8.27. The van der Waals surface area contributed by atoms with E-state index in [1.54, 1.807) is 12.1 Å². The van der Waals surface area contributed by atoms with Crippen LogP contribution in [0.15, 0.2) is 53.4 Å². The van der Waals surface area contributed by atoms with Crippen molar-refractivity contribution < 1.29 is 17.9 Å². The van der Waals surface area contributed by atoms with E-state index in [1.807, 2.05) is 52.0 Å². The van der Waals surface area contributed by atoms with Gasteiger partial charge in [0.1, 0.15) is 5.82 Å². The van der Waals surface area contributed by atoms with Crippen LogP contribution in [0.4, 0.5) is 0 Å². The number of para-hydroxylation sites is 2. The van der Waals surface area contributed by atoms with Crippen molar-refractivity contribution in [1.29, 1.82) is 0 Å². The first-order chi connectivity index (χ1) is 15.6. The monoisotopic (exact) mass is 470 g/mol. The molecule has 0 spiro atoms. The molecule has 4 rings (SSSR count). The van der Waals surface area contributed by atoms with Gasteiger partial charge < -0.3 is 15.0 Å². The lowest BCUT2D eigenvalue weighted by molar-refractivity contribution is -0.0440. The minimum Gasteiger partial charge on any atom is -0.373 e. The normalized spacial score (nSPS) is 20.8. The van der Waals surface area contributed by atoms with Crippen molar-refractivity contribution >= 4 is 27.0 Å². The number of nitrogens with one attached hydrogen (secondary N) is 2. The summed E-state index contributed by atoms with van der Waals surface area (Å²) in [5, 5.41) is 3.02. The summed E-state index contributed by atoms with van der Waals surface area (Å²) in [5.74, 6) is 0.382. The molecule has 2 aromatic carbocycles. The Morgan fingerprint density at radius 3 is 2.48 bits per heavy atom. The van der Waals surface area contributed by atoms with Crippen LogP contribution in [0, 0.1) is 5.92 Å². The summed E-state index contributed by atoms with van der Waals surface area (Å²) >= 11 is 0. The van der Waals surface area contributed by atoms with E-state index in [0.717, 1.165) is 11.0 Å². The second kappa shape index (κ2) is 9.24. The molecule has 1 saturated heterocycles. The van der Waals surface area contributed by atoms with E-state index in [9.17, 15) is 13.2 Å². The molecule has 0 saturated carbocycles. The van der Waals surface area contributed by atoms with Crippen molar-refractivity contribution in [3.05, 3.63) is 59.9 Å². The van der Waals surface area contributed by atoms with Crippen LogP contribution in [0.25, 0.3) is 11.0 Å². The third-order valence-electron chi connectivity index (χ3n) is 5.78. The van der Waals surface area contributed by atoms with Crippen molar-refractivity contribution in [1.82, 2.24) is 19.6 Å². The number of sulfonamides is 1. The van der Waals surface area contributed by atoms with Gasteiger partial charge in [0, 0.05) is 18.7 Å². The lowest BCUT2D eigenvalue weighted by Gasteiger charge is -2.34. The lowest BCUT2D eigenvalue weighted by Crippen LogP contribution is -2.48. The molecular weight excluding hydrogens is 440 g/mol. The Balaban J connectivity index is 1.57. The van der Waals surface area contributed by atoms with Gasteiger partial charge >= 0.3 is 0 Å². The number of hydrogen-bond acceptors (Lipinski definition) is 5. The minimum atomic E-state index is -3.74. The van der Waals surface area contributed by atoms with E-state index in [1.165, 1.54) is 16.4 Å². The standard InChI is InChI=1S/C24H30N4O4S/c1-15(2)22(23-25-20-10-5-6-11-21(20)26-23)27-24(29)18-8-7-9-19(12-18)33(30,31)28-13-16(3)32-17(4)14-28/h5-12,15-17,22H,13-14H2,1-4H3,(H,25,26)(H,27,29)/t16?,17?,22-/m0/s1. The van der Waals surface area contributed by atoms with Gasteiger partial charge in [-0.15, -0.1) is 0 Å². The summed E-state index contributed by atoms with van der Waals surface area (Å²) < 4.78 is 33.5. The number of benzene rings is 2. The largest absolute Gasteiger partial charge is 0.373 e. The second-order valence-electron chi connectivity index (χ2n) is 8.94. The molecule has 2 N–H and O–H groups in total. The number of aromatic amines is 1. The van der Waals surface area contributed by atoms with Gasteiger partial charge in [-0.3, -0.25) is 4.79 Å². The van der Waals surface area contributed by atoms with Crippen molar-refractivity contribution in [2.24, 2.45) is 5.92 Å². The molecule has 3 aromatic rings. The Kier molecular flexibility index (Phi) is 6.56. The first-order valence-electron chi connectivity index (χ1n) is 11.2. The highest BCUT2D eigenvalue weighted by molar-refractivity contribution is 7.89. The Labute approximate surface area is 194 Å². The number of aromatic nitrogens is 2. The topological polar surface area (TPSA) is 104 Å². The highest BCUT2D eigenvalue weighted by atomic mass is 32.2. The SMILES string of the molecule is CC1CN(S(=O)(=O)c2cccc(C(=O)N[C@H](c3nc4ccccc4[nH]3)C(C)C)c2)CC(C)O1. The molecule has 2 heterocycles. The van der Waals surface area contributed by atoms with Crippen LogP contribution in [-0.2, 0) is 14.8 Å². The number of carbonyl (C=O) groups excluding carboxylic acids is 1. The number of hydrogen-bond donors (Lipinski definition) is 2. The zero-order valence-electron chi connectivity index (χ0n) is 19.3. The number of H-pyrrole nitrogens is 1. The summed E-state index contributed by atoms with van der Waals surface area (Å²) in [6.07, 6.45) is -0.378. The van der Waals surface area contributed by atoms with Crippen molar-refractivity contribution in [3.8, 4) is 0 Å². The van der Waals surface area contributed by atoms with E-state index in [2.05, 4.69) is 15.3 Å². The van der Waals surface area contributed by atoms with Crippen LogP contribution in [0.5, 0.6) is 0 Å². The van der Waals surface area contributed by atoms with Crippen molar-refractivity contribution in [2.75, 3.05) is 13.1 Å². The quantitative estimate of drug-likeness (QED) is 0.574. The molecule has 1 amide bonds. The minimum absolute atomic E-state index is 0.0674. The van der Waals surface area contributed by atoms with Crippen LogP contribution < -0.4 is 5.32 Å². The highest BCUT2D eigenvalue weighted by Gasteiger charge is 2.32. The molecule has 0 aliphatic carbocycles. The zero-order chi connectivity index (χ0) is 23.8. The number of ether oxygens (including phenoxy) is 1. The summed E-state index contributed by atoms with van der Waals surface area (Å²) in [6, 6.07) is 13.5. The van der Waals surface area contributed by atoms with Crippen molar-refractivity contribution in [2.45, 2.75) is 50.8 Å². The molecule has 33 heavy (non-hydrogen) atoms. The molecule has 2 unspecified atom stereocenters. The van der Waals surface area contributed by atoms with Crippen LogP contribution in [0.2, 0.25) is 0 Å². The van der Waals surface area contributed by atoms with Gasteiger partial charge in [-0.2, -0.15) is 4.31 Å². The van der Waals surface area contributed by atoms with Crippen LogP contribution in [-0.4, -0.2) is 53.9 Å². The summed E-state index contributed by atoms with van der Waals surface area (Å²) in [4.78, 5) is 21.1. The fraction of sp³-hybridized carbons (Fsp3) is 0.417. The van der Waals surface area contributed by atoms with Gasteiger partial charge in [0.05, 0.1) is 34.2 Å². The number of carbonyl (C=O) groups is 1. The van der Waals surface area contributed by atoms with E-state index in [-0.39, 0.29) is 53.6 Å². The number of imidazole rings is 1. The van der Waals surface area contributed by atoms with Crippen molar-refractivity contribution in [3.63, 3.8) is 0 Å². The molecule has 0 radical (unpaired) electrons. The Morgan fingerprint density at radius 1 is 1.12 bits per heavy atom. The molecule has 3 atom stereocenters. The average Bonchev–Trinajstić information content (AvgIpc) is 3.20. The third kappa shape index (κ3) is 4.95. The Hall–Kier alpha value is -2.75. The lowest BCUT2D eigenvalue weighted by atomic mass is 10.0. The van der Waals surface area contributed by atoms with Gasteiger partial charge in [-0.05, 0) is 50.1 Å². The number of fused-ring (bicyclic) bond motifs is 1. The van der Waals surface area contributed by atoms with Gasteiger partial charge in [0.2, 0.25) is 10.0 Å². The fourth-order valence-corrected chi connectivity index (χ4v) is 5.81. The molecule has 1 aliphatic rings. The number of nitrogens with zero attached hydrogens (tertiary/aromatic N) is 2. The first kappa shape index (κ1) is 23.4. The maximum Gasteiger partial charge on any atom is 0.251 e. The van der Waals surface area contributed by atoms with Crippen LogP contribution in [0.3, 0.4) is 0 Å². The third-order valence-corrected chi connectivity index (χ3v) is 7.60. The molecule has 0 bridgehead atoms. The van der Waals surface area contributed by atoms with E-state index in [0.29, 0.717) is 5.82 Å². The molecule has 9 heteroatoms. The van der Waals surface area contributed by atoms with E-state index >= 15 is 0 Å². The maximum absolute atomic E-state index is 13.2. The number of rotatable bonds is 6. The zero-order valence-corrected chi connectivity index (χ0v) is 20.1. The predicted molar refractivity (Wildman–Crippen MR) is 126 cm³/mol. The van der Waals surface area contributed by atoms with E-state index in [4.69, 9.17) is 4.74 Å². The molecule has 176 valence electrons. The van der Waals surface area contributed by atoms with Crippen LogP contribution in [0.1, 0.15) is 49.9 Å². The fourth-order valence-electron chi connectivity index (χ4n) is 4.17. The molecule has 8 nitrogen and oxygen atoms in total. The van der Waals surface area contributed by atoms with Gasteiger partial charge in [-0.1, -0.05) is 32.0 Å². The molecular formula is C24H30N4O4S. The molecule has 1 aliphatic heterocycles. The van der Waals surface area contributed by atoms with Gasteiger partial charge in [0.25, 0.3) is 5.91 Å². The Morgan fingerprint density at radius 2 is 1.82 bits per heavy atom. The summed E-state index contributed by atoms with van der Waals surface area (Å²) in [7, 11) is -3.74. The smallest absolute Gasteiger partial charge is 0.251 e. The molecule has 1 aromatic heterocycles.